The second-order valence-electron chi connectivity index (χ2n) is 6.42. The summed E-state index contributed by atoms with van der Waals surface area (Å²) in [5, 5.41) is 3.83. The molecule has 0 spiro atoms. The molecule has 1 aliphatic heterocycles. The number of likely N-dealkylation sites (N-methyl/N-ethyl adjacent to an activating group) is 1. The Morgan fingerprint density at radius 1 is 1.40 bits per heavy atom. The summed E-state index contributed by atoms with van der Waals surface area (Å²) >= 11 is 1.41. The van der Waals surface area contributed by atoms with Gasteiger partial charge in [-0.3, -0.25) is 9.59 Å². The number of aryl methyl sites for hydroxylation is 1. The molecule has 6 nitrogen and oxygen atoms in total. The smallest absolute Gasteiger partial charge is 0.267 e. The van der Waals surface area contributed by atoms with E-state index in [1.807, 2.05) is 6.92 Å². The normalized spacial score (nSPS) is 16.6. The number of nitrogens with one attached hydrogen (secondary N) is 1. The summed E-state index contributed by atoms with van der Waals surface area (Å²) in [6.07, 6.45) is -0.507. The molecule has 2 amide bonds. The minimum Gasteiger partial charge on any atom is -0.479 e. The third-order valence-electron chi connectivity index (χ3n) is 4.07. The Morgan fingerprint density at radius 2 is 2.12 bits per heavy atom. The lowest BCUT2D eigenvalue weighted by molar-refractivity contribution is -0.125. The van der Waals surface area contributed by atoms with Gasteiger partial charge in [-0.25, -0.2) is 4.98 Å². The van der Waals surface area contributed by atoms with Crippen molar-refractivity contribution in [2.45, 2.75) is 39.7 Å². The zero-order valence-corrected chi connectivity index (χ0v) is 15.7. The third kappa shape index (κ3) is 3.24. The fraction of sp³-hybridized carbons (Fsp3) is 0.389. The number of anilines is 2. The summed E-state index contributed by atoms with van der Waals surface area (Å²) < 4.78 is 5.60. The quantitative estimate of drug-likeness (QED) is 0.909. The van der Waals surface area contributed by atoms with Crippen molar-refractivity contribution in [2.75, 3.05) is 17.3 Å². The van der Waals surface area contributed by atoms with Crippen LogP contribution in [0.1, 0.15) is 47.1 Å². The van der Waals surface area contributed by atoms with Crippen LogP contribution in [0.4, 0.5) is 11.4 Å². The second-order valence-corrected chi connectivity index (χ2v) is 7.45. The van der Waals surface area contributed by atoms with Crippen molar-refractivity contribution in [2.24, 2.45) is 0 Å². The SMILES string of the molecule is Cc1nc(C(C)C)sc1C(=O)Nc1ccc2c(c1)N(C)C(=O)C(C)O2. The van der Waals surface area contributed by atoms with Crippen LogP contribution in [0.3, 0.4) is 0 Å². The van der Waals surface area contributed by atoms with Gasteiger partial charge in [0.1, 0.15) is 10.6 Å². The van der Waals surface area contributed by atoms with E-state index in [0.717, 1.165) is 10.7 Å². The van der Waals surface area contributed by atoms with Gasteiger partial charge in [-0.15, -0.1) is 11.3 Å². The summed E-state index contributed by atoms with van der Waals surface area (Å²) in [6, 6.07) is 5.28. The van der Waals surface area contributed by atoms with E-state index in [0.29, 0.717) is 22.0 Å². The first-order valence-electron chi connectivity index (χ1n) is 8.15. The Kier molecular flexibility index (Phi) is 4.51. The molecule has 132 valence electrons. The molecule has 0 aliphatic carbocycles. The predicted molar refractivity (Wildman–Crippen MR) is 98.8 cm³/mol. The van der Waals surface area contributed by atoms with Gasteiger partial charge in [0.05, 0.1) is 16.4 Å². The summed E-state index contributed by atoms with van der Waals surface area (Å²) in [4.78, 5) is 31.3. The van der Waals surface area contributed by atoms with Crippen molar-refractivity contribution in [3.8, 4) is 5.75 Å². The molecule has 1 aromatic heterocycles. The number of rotatable bonds is 3. The first kappa shape index (κ1) is 17.4. The number of carbonyl (C=O) groups is 2. The first-order chi connectivity index (χ1) is 11.8. The van der Waals surface area contributed by atoms with E-state index >= 15 is 0 Å². The van der Waals surface area contributed by atoms with Crippen LogP contribution in [0.5, 0.6) is 5.75 Å². The van der Waals surface area contributed by atoms with Gasteiger partial charge in [0.25, 0.3) is 11.8 Å². The number of hydrogen-bond acceptors (Lipinski definition) is 5. The average Bonchev–Trinajstić information content (AvgIpc) is 2.96. The lowest BCUT2D eigenvalue weighted by Crippen LogP contribution is -2.41. The summed E-state index contributed by atoms with van der Waals surface area (Å²) in [5.74, 6) is 0.605. The number of ether oxygens (including phenoxy) is 1. The maximum absolute atomic E-state index is 12.6. The topological polar surface area (TPSA) is 71.5 Å². The van der Waals surface area contributed by atoms with E-state index in [1.165, 1.54) is 11.3 Å². The number of thiazole rings is 1. The van der Waals surface area contributed by atoms with Gasteiger partial charge in [0, 0.05) is 18.7 Å². The molecule has 25 heavy (non-hydrogen) atoms. The van der Waals surface area contributed by atoms with Crippen LogP contribution in [0.25, 0.3) is 0 Å². The van der Waals surface area contributed by atoms with E-state index in [1.54, 1.807) is 37.1 Å². The Balaban J connectivity index is 1.85. The molecule has 3 rings (SSSR count). The summed E-state index contributed by atoms with van der Waals surface area (Å²) in [6.45, 7) is 7.66. The van der Waals surface area contributed by atoms with E-state index in [9.17, 15) is 9.59 Å². The molecule has 2 heterocycles. The summed E-state index contributed by atoms with van der Waals surface area (Å²) in [7, 11) is 1.70. The Labute approximate surface area is 150 Å². The van der Waals surface area contributed by atoms with E-state index < -0.39 is 6.10 Å². The predicted octanol–water partition coefficient (Wildman–Crippen LogP) is 3.57. The van der Waals surface area contributed by atoms with Crippen LogP contribution in [0.2, 0.25) is 0 Å². The van der Waals surface area contributed by atoms with Gasteiger partial charge >= 0.3 is 0 Å². The van der Waals surface area contributed by atoms with Crippen molar-refractivity contribution in [1.29, 1.82) is 0 Å². The highest BCUT2D eigenvalue weighted by molar-refractivity contribution is 7.14. The fourth-order valence-corrected chi connectivity index (χ4v) is 3.62. The molecule has 1 unspecified atom stereocenters. The molecule has 0 saturated carbocycles. The Hall–Kier alpha value is -2.41. The van der Waals surface area contributed by atoms with Crippen LogP contribution in [0, 0.1) is 6.92 Å². The standard InChI is InChI=1S/C18H21N3O3S/c1-9(2)17-19-10(3)15(25-17)16(22)20-12-6-7-14-13(8-12)21(5)18(23)11(4)24-14/h6-9,11H,1-5H3,(H,20,22). The molecular weight excluding hydrogens is 338 g/mol. The molecule has 1 aromatic carbocycles. The molecule has 0 saturated heterocycles. The molecule has 1 N–H and O–H groups in total. The van der Waals surface area contributed by atoms with Crippen LogP contribution in [-0.2, 0) is 4.79 Å². The highest BCUT2D eigenvalue weighted by Gasteiger charge is 2.29. The molecule has 1 atom stereocenters. The molecule has 7 heteroatoms. The van der Waals surface area contributed by atoms with Gasteiger partial charge in [0.15, 0.2) is 6.10 Å². The largest absolute Gasteiger partial charge is 0.479 e. The number of amides is 2. The highest BCUT2D eigenvalue weighted by Crippen LogP contribution is 2.35. The van der Waals surface area contributed by atoms with E-state index in [4.69, 9.17) is 4.74 Å². The molecule has 0 bridgehead atoms. The number of benzene rings is 1. The number of carbonyl (C=O) groups excluding carboxylic acids is 2. The van der Waals surface area contributed by atoms with Crippen molar-refractivity contribution in [3.05, 3.63) is 33.8 Å². The van der Waals surface area contributed by atoms with Crippen LogP contribution < -0.4 is 15.0 Å². The lowest BCUT2D eigenvalue weighted by Gasteiger charge is -2.30. The third-order valence-corrected chi connectivity index (χ3v) is 5.53. The highest BCUT2D eigenvalue weighted by atomic mass is 32.1. The zero-order valence-electron chi connectivity index (χ0n) is 14.9. The average molecular weight is 359 g/mol. The molecular formula is C18H21N3O3S. The summed E-state index contributed by atoms with van der Waals surface area (Å²) in [5.41, 5.74) is 1.99. The fourth-order valence-electron chi connectivity index (χ4n) is 2.65. The number of aromatic nitrogens is 1. The van der Waals surface area contributed by atoms with Gasteiger partial charge in [-0.05, 0) is 32.0 Å². The van der Waals surface area contributed by atoms with Crippen molar-refractivity contribution in [1.82, 2.24) is 4.98 Å². The van der Waals surface area contributed by atoms with Gasteiger partial charge in [-0.1, -0.05) is 13.8 Å². The van der Waals surface area contributed by atoms with Gasteiger partial charge < -0.3 is 15.0 Å². The first-order valence-corrected chi connectivity index (χ1v) is 8.96. The van der Waals surface area contributed by atoms with Crippen LogP contribution >= 0.6 is 11.3 Å². The van der Waals surface area contributed by atoms with Gasteiger partial charge in [0.2, 0.25) is 0 Å². The Bertz CT molecular complexity index is 844. The Morgan fingerprint density at radius 3 is 2.76 bits per heavy atom. The molecule has 2 aromatic rings. The second kappa shape index (κ2) is 6.48. The van der Waals surface area contributed by atoms with Crippen LogP contribution in [-0.4, -0.2) is 29.9 Å². The maximum Gasteiger partial charge on any atom is 0.267 e. The van der Waals surface area contributed by atoms with Gasteiger partial charge in [-0.2, -0.15) is 0 Å². The van der Waals surface area contributed by atoms with Crippen molar-refractivity contribution in [3.63, 3.8) is 0 Å². The van der Waals surface area contributed by atoms with E-state index in [2.05, 4.69) is 24.1 Å². The number of nitrogens with zero attached hydrogens (tertiary/aromatic N) is 2. The minimum atomic E-state index is -0.507. The minimum absolute atomic E-state index is 0.115. The van der Waals surface area contributed by atoms with Crippen molar-refractivity contribution >= 4 is 34.5 Å². The monoisotopic (exact) mass is 359 g/mol. The lowest BCUT2D eigenvalue weighted by atomic mass is 10.2. The maximum atomic E-state index is 12.6. The van der Waals surface area contributed by atoms with Crippen molar-refractivity contribution < 1.29 is 14.3 Å². The number of fused-ring (bicyclic) bond motifs is 1. The molecule has 0 radical (unpaired) electrons. The van der Waals surface area contributed by atoms with Crippen LogP contribution in [0.15, 0.2) is 18.2 Å². The molecule has 0 fully saturated rings. The van der Waals surface area contributed by atoms with E-state index in [-0.39, 0.29) is 17.7 Å². The number of hydrogen-bond donors (Lipinski definition) is 1. The molecule has 1 aliphatic rings. The zero-order chi connectivity index (χ0) is 18.3.